The first-order valence-corrected chi connectivity index (χ1v) is 6.49. The molecule has 1 amide bonds. The molecule has 98 valence electrons. The fourth-order valence-electron chi connectivity index (χ4n) is 2.17. The normalized spacial score (nSPS) is 16.1. The van der Waals surface area contributed by atoms with Crippen LogP contribution in [-0.2, 0) is 0 Å². The number of rotatable bonds is 6. The number of hydrogen-bond donors (Lipinski definition) is 2. The van der Waals surface area contributed by atoms with E-state index in [0.717, 1.165) is 6.54 Å². The summed E-state index contributed by atoms with van der Waals surface area (Å²) >= 11 is 0. The minimum absolute atomic E-state index is 0.132. The Balaban J connectivity index is 1.87. The number of nitrogens with one attached hydrogen (secondary N) is 2. The molecule has 1 aromatic heterocycles. The summed E-state index contributed by atoms with van der Waals surface area (Å²) in [7, 11) is 1.77. The molecule has 0 radical (unpaired) electrons. The fraction of sp³-hybridized carbons (Fsp3) is 0.615. The van der Waals surface area contributed by atoms with E-state index in [1.165, 1.54) is 25.7 Å². The summed E-state index contributed by atoms with van der Waals surface area (Å²) in [6.45, 7) is 2.94. The third kappa shape index (κ3) is 2.97. The Morgan fingerprint density at radius 3 is 2.67 bits per heavy atom. The number of carbonyl (C=O) groups excluding carboxylic acids is 1. The van der Waals surface area contributed by atoms with Crippen molar-refractivity contribution in [1.29, 1.82) is 0 Å². The van der Waals surface area contributed by atoms with Crippen molar-refractivity contribution < 1.29 is 4.79 Å². The molecule has 2 rings (SSSR count). The van der Waals surface area contributed by atoms with Crippen LogP contribution in [0.15, 0.2) is 12.1 Å². The van der Waals surface area contributed by atoms with Crippen LogP contribution in [0, 0.1) is 5.41 Å². The van der Waals surface area contributed by atoms with E-state index in [-0.39, 0.29) is 5.91 Å². The second kappa shape index (κ2) is 5.33. The predicted octanol–water partition coefficient (Wildman–Crippen LogP) is 1.83. The van der Waals surface area contributed by atoms with Crippen LogP contribution < -0.4 is 10.6 Å². The Labute approximate surface area is 107 Å². The molecule has 1 aliphatic carbocycles. The molecule has 5 heteroatoms. The molecular weight excluding hydrogens is 228 g/mol. The van der Waals surface area contributed by atoms with Crippen molar-refractivity contribution in [2.45, 2.75) is 32.6 Å². The summed E-state index contributed by atoms with van der Waals surface area (Å²) in [5, 5.41) is 13.6. The van der Waals surface area contributed by atoms with Gasteiger partial charge in [-0.05, 0) is 36.8 Å². The zero-order valence-electron chi connectivity index (χ0n) is 11.0. The van der Waals surface area contributed by atoms with Crippen LogP contribution in [0.2, 0.25) is 0 Å². The molecule has 5 nitrogen and oxygen atoms in total. The van der Waals surface area contributed by atoms with Gasteiger partial charge in [0.05, 0.1) is 0 Å². The smallest absolute Gasteiger partial charge is 0.271 e. The van der Waals surface area contributed by atoms with E-state index < -0.39 is 0 Å². The van der Waals surface area contributed by atoms with Crippen molar-refractivity contribution in [2.24, 2.45) is 5.41 Å². The van der Waals surface area contributed by atoms with Crippen molar-refractivity contribution in [2.75, 3.05) is 18.9 Å². The van der Waals surface area contributed by atoms with E-state index >= 15 is 0 Å². The monoisotopic (exact) mass is 248 g/mol. The van der Waals surface area contributed by atoms with Crippen LogP contribution in [0.1, 0.15) is 43.1 Å². The highest BCUT2D eigenvalue weighted by Gasteiger charge is 2.41. The summed E-state index contributed by atoms with van der Waals surface area (Å²) in [6, 6.07) is 3.44. The summed E-state index contributed by atoms with van der Waals surface area (Å²) in [5.41, 5.74) is 0.740. The number of carbonyl (C=O) groups is 1. The van der Waals surface area contributed by atoms with Gasteiger partial charge >= 0.3 is 0 Å². The summed E-state index contributed by atoms with van der Waals surface area (Å²) in [6.07, 6.45) is 4.82. The lowest BCUT2D eigenvalue weighted by Gasteiger charge is -2.14. The largest absolute Gasteiger partial charge is 0.372 e. The second-order valence-electron chi connectivity index (χ2n) is 4.99. The van der Waals surface area contributed by atoms with Crippen LogP contribution in [-0.4, -0.2) is 29.7 Å². The lowest BCUT2D eigenvalue weighted by Crippen LogP contribution is -2.31. The molecule has 1 fully saturated rings. The summed E-state index contributed by atoms with van der Waals surface area (Å²) < 4.78 is 0. The van der Waals surface area contributed by atoms with Crippen molar-refractivity contribution in [3.05, 3.63) is 17.8 Å². The van der Waals surface area contributed by atoms with Crippen molar-refractivity contribution in [1.82, 2.24) is 15.5 Å². The van der Waals surface area contributed by atoms with Gasteiger partial charge in [0.1, 0.15) is 5.82 Å². The number of aromatic nitrogens is 2. The van der Waals surface area contributed by atoms with Crippen molar-refractivity contribution >= 4 is 11.7 Å². The van der Waals surface area contributed by atoms with Gasteiger partial charge < -0.3 is 10.6 Å². The summed E-state index contributed by atoms with van der Waals surface area (Å²) in [5.74, 6) is 0.531. The zero-order valence-corrected chi connectivity index (χ0v) is 11.0. The van der Waals surface area contributed by atoms with E-state index in [9.17, 15) is 4.79 Å². The van der Waals surface area contributed by atoms with E-state index in [4.69, 9.17) is 0 Å². The number of hydrogen-bond acceptors (Lipinski definition) is 4. The molecule has 18 heavy (non-hydrogen) atoms. The number of nitrogens with zero attached hydrogens (tertiary/aromatic N) is 2. The molecule has 1 aliphatic rings. The SMILES string of the molecule is CCCC1(CNC(=O)c2ccc(NC)nn2)CC1. The Morgan fingerprint density at radius 1 is 1.39 bits per heavy atom. The molecule has 0 spiro atoms. The van der Waals surface area contributed by atoms with Crippen LogP contribution >= 0.6 is 0 Å². The first kappa shape index (κ1) is 12.8. The Kier molecular flexibility index (Phi) is 3.79. The van der Waals surface area contributed by atoms with Gasteiger partial charge in [-0.2, -0.15) is 0 Å². The van der Waals surface area contributed by atoms with Gasteiger partial charge in [0.2, 0.25) is 0 Å². The zero-order chi connectivity index (χ0) is 13.0. The molecule has 0 bridgehead atoms. The standard InChI is InChI=1S/C13H20N4O/c1-3-6-13(7-8-13)9-15-12(18)10-4-5-11(14-2)17-16-10/h4-5H,3,6-9H2,1-2H3,(H,14,17)(H,15,18). The maximum atomic E-state index is 11.9. The minimum atomic E-state index is -0.132. The van der Waals surface area contributed by atoms with Gasteiger partial charge in [-0.25, -0.2) is 0 Å². The van der Waals surface area contributed by atoms with Crippen LogP contribution in [0.25, 0.3) is 0 Å². The molecule has 0 unspecified atom stereocenters. The summed E-state index contributed by atoms with van der Waals surface area (Å²) in [4.78, 5) is 11.9. The highest BCUT2D eigenvalue weighted by atomic mass is 16.1. The molecule has 1 saturated carbocycles. The van der Waals surface area contributed by atoms with Crippen LogP contribution in [0.3, 0.4) is 0 Å². The third-order valence-electron chi connectivity index (χ3n) is 3.51. The first-order valence-electron chi connectivity index (χ1n) is 6.49. The molecule has 1 heterocycles. The second-order valence-corrected chi connectivity index (χ2v) is 4.99. The van der Waals surface area contributed by atoms with Crippen LogP contribution in [0.5, 0.6) is 0 Å². The lowest BCUT2D eigenvalue weighted by atomic mass is 10.0. The number of anilines is 1. The van der Waals surface area contributed by atoms with Gasteiger partial charge in [-0.1, -0.05) is 13.3 Å². The van der Waals surface area contributed by atoms with Gasteiger partial charge in [-0.15, -0.1) is 10.2 Å². The van der Waals surface area contributed by atoms with Crippen LogP contribution in [0.4, 0.5) is 5.82 Å². The first-order chi connectivity index (χ1) is 8.69. The van der Waals surface area contributed by atoms with E-state index in [1.807, 2.05) is 0 Å². The topological polar surface area (TPSA) is 66.9 Å². The molecule has 0 saturated heterocycles. The molecule has 0 atom stereocenters. The quantitative estimate of drug-likeness (QED) is 0.806. The average molecular weight is 248 g/mol. The van der Waals surface area contributed by atoms with Gasteiger partial charge in [0.15, 0.2) is 5.69 Å². The van der Waals surface area contributed by atoms with Gasteiger partial charge in [-0.3, -0.25) is 4.79 Å². The van der Waals surface area contributed by atoms with E-state index in [0.29, 0.717) is 16.9 Å². The third-order valence-corrected chi connectivity index (χ3v) is 3.51. The Morgan fingerprint density at radius 2 is 2.17 bits per heavy atom. The molecule has 1 aromatic rings. The number of amides is 1. The minimum Gasteiger partial charge on any atom is -0.372 e. The maximum absolute atomic E-state index is 11.9. The average Bonchev–Trinajstić information content (AvgIpc) is 3.17. The molecular formula is C13H20N4O. The Bertz CT molecular complexity index is 412. The highest BCUT2D eigenvalue weighted by molar-refractivity contribution is 5.92. The lowest BCUT2D eigenvalue weighted by molar-refractivity contribution is 0.0938. The molecule has 0 aliphatic heterocycles. The molecule has 2 N–H and O–H groups in total. The van der Waals surface area contributed by atoms with E-state index in [1.54, 1.807) is 19.2 Å². The van der Waals surface area contributed by atoms with Gasteiger partial charge in [0.25, 0.3) is 5.91 Å². The maximum Gasteiger partial charge on any atom is 0.271 e. The predicted molar refractivity (Wildman–Crippen MR) is 70.5 cm³/mol. The Hall–Kier alpha value is -1.65. The van der Waals surface area contributed by atoms with E-state index in [2.05, 4.69) is 27.8 Å². The molecule has 0 aromatic carbocycles. The highest BCUT2D eigenvalue weighted by Crippen LogP contribution is 2.48. The van der Waals surface area contributed by atoms with Crippen molar-refractivity contribution in [3.63, 3.8) is 0 Å². The van der Waals surface area contributed by atoms with Crippen molar-refractivity contribution in [3.8, 4) is 0 Å². The van der Waals surface area contributed by atoms with Gasteiger partial charge in [0, 0.05) is 13.6 Å². The fourth-order valence-corrected chi connectivity index (χ4v) is 2.17.